The highest BCUT2D eigenvalue weighted by molar-refractivity contribution is 5.78. The Morgan fingerprint density at radius 2 is 2.06 bits per heavy atom. The number of carbonyl (C=O) groups is 1. The minimum atomic E-state index is 0.0836. The molecule has 5 heteroatoms. The van der Waals surface area contributed by atoms with E-state index in [2.05, 4.69) is 17.1 Å². The topological polar surface area (TPSA) is 55.8 Å². The van der Waals surface area contributed by atoms with E-state index in [9.17, 15) is 4.79 Å². The molecule has 0 atom stereocenters. The van der Waals surface area contributed by atoms with Gasteiger partial charge < -0.3 is 15.3 Å². The first-order valence-electron chi connectivity index (χ1n) is 7.04. The Morgan fingerprint density at radius 1 is 1.39 bits per heavy atom. The number of aliphatic hydroxyl groups is 1. The Labute approximate surface area is 110 Å². The molecule has 106 valence electrons. The number of amides is 1. The van der Waals surface area contributed by atoms with Gasteiger partial charge in [-0.25, -0.2) is 0 Å². The molecule has 1 rings (SSSR count). The quantitative estimate of drug-likeness (QED) is 0.669. The van der Waals surface area contributed by atoms with Crippen molar-refractivity contribution in [3.63, 3.8) is 0 Å². The monoisotopic (exact) mass is 257 g/mol. The molecule has 1 heterocycles. The van der Waals surface area contributed by atoms with Crippen molar-refractivity contribution in [2.75, 3.05) is 45.9 Å². The van der Waals surface area contributed by atoms with Crippen LogP contribution < -0.4 is 5.32 Å². The summed E-state index contributed by atoms with van der Waals surface area (Å²) in [5.41, 5.74) is 0. The molecule has 0 radical (unpaired) electrons. The molecule has 0 spiro atoms. The summed E-state index contributed by atoms with van der Waals surface area (Å²) in [6.07, 6.45) is 2.09. The van der Waals surface area contributed by atoms with Crippen LogP contribution in [0.5, 0.6) is 0 Å². The van der Waals surface area contributed by atoms with Gasteiger partial charge in [-0.3, -0.25) is 9.69 Å². The minimum Gasteiger partial charge on any atom is -0.395 e. The fourth-order valence-electron chi connectivity index (χ4n) is 2.36. The lowest BCUT2D eigenvalue weighted by Gasteiger charge is -2.32. The highest BCUT2D eigenvalue weighted by Crippen LogP contribution is 2.09. The molecule has 1 saturated heterocycles. The molecule has 0 aromatic carbocycles. The maximum absolute atomic E-state index is 11.9. The van der Waals surface area contributed by atoms with Crippen molar-refractivity contribution in [3.8, 4) is 0 Å². The zero-order chi connectivity index (χ0) is 13.4. The van der Waals surface area contributed by atoms with Crippen LogP contribution in [0, 0.1) is 0 Å². The van der Waals surface area contributed by atoms with Crippen molar-refractivity contribution in [2.45, 2.75) is 32.7 Å². The van der Waals surface area contributed by atoms with Gasteiger partial charge in [0.1, 0.15) is 0 Å². The molecule has 1 aliphatic rings. The Bertz CT molecular complexity index is 240. The number of likely N-dealkylation sites (N-methyl/N-ethyl adjacent to an activating group) is 1. The van der Waals surface area contributed by atoms with Crippen molar-refractivity contribution in [1.29, 1.82) is 0 Å². The van der Waals surface area contributed by atoms with E-state index in [0.717, 1.165) is 39.0 Å². The zero-order valence-corrected chi connectivity index (χ0v) is 11.7. The number of nitrogens with one attached hydrogen (secondary N) is 1. The van der Waals surface area contributed by atoms with Gasteiger partial charge in [-0.15, -0.1) is 0 Å². The second kappa shape index (κ2) is 8.45. The van der Waals surface area contributed by atoms with E-state index in [1.165, 1.54) is 0 Å². The number of hydrogen-bond donors (Lipinski definition) is 2. The molecule has 0 aromatic heterocycles. The molecule has 0 aliphatic carbocycles. The van der Waals surface area contributed by atoms with E-state index in [1.54, 1.807) is 0 Å². The first kappa shape index (κ1) is 15.4. The lowest BCUT2D eigenvalue weighted by Crippen LogP contribution is -2.47. The first-order valence-corrected chi connectivity index (χ1v) is 7.04. The summed E-state index contributed by atoms with van der Waals surface area (Å²) in [6.45, 7) is 9.29. The number of likely N-dealkylation sites (tertiary alicyclic amines) is 1. The minimum absolute atomic E-state index is 0.0836. The molecule has 1 aliphatic heterocycles. The van der Waals surface area contributed by atoms with Crippen LogP contribution in [-0.2, 0) is 4.79 Å². The summed E-state index contributed by atoms with van der Waals surface area (Å²) in [4.78, 5) is 16.2. The van der Waals surface area contributed by atoms with Gasteiger partial charge in [0.05, 0.1) is 13.2 Å². The van der Waals surface area contributed by atoms with Crippen molar-refractivity contribution in [3.05, 3.63) is 0 Å². The Kier molecular flexibility index (Phi) is 7.23. The van der Waals surface area contributed by atoms with E-state index in [1.807, 2.05) is 11.8 Å². The number of aliphatic hydroxyl groups excluding tert-OH is 1. The van der Waals surface area contributed by atoms with E-state index < -0.39 is 0 Å². The largest absolute Gasteiger partial charge is 0.395 e. The van der Waals surface area contributed by atoms with Crippen molar-refractivity contribution >= 4 is 5.91 Å². The summed E-state index contributed by atoms with van der Waals surface area (Å²) in [5, 5.41) is 12.0. The van der Waals surface area contributed by atoms with Crippen LogP contribution in [0.25, 0.3) is 0 Å². The lowest BCUT2D eigenvalue weighted by atomic mass is 10.1. The SMILES string of the molecule is CCN1CCC(NC(=O)CN(CC)CCO)CC1. The van der Waals surface area contributed by atoms with E-state index in [-0.39, 0.29) is 12.5 Å². The third-order valence-electron chi connectivity index (χ3n) is 3.63. The number of nitrogens with zero attached hydrogens (tertiary/aromatic N) is 2. The Balaban J connectivity index is 2.23. The molecule has 0 bridgehead atoms. The van der Waals surface area contributed by atoms with Crippen LogP contribution in [0.3, 0.4) is 0 Å². The third-order valence-corrected chi connectivity index (χ3v) is 3.63. The molecule has 0 aromatic rings. The van der Waals surface area contributed by atoms with Crippen LogP contribution in [0.4, 0.5) is 0 Å². The normalized spacial score (nSPS) is 18.2. The average molecular weight is 257 g/mol. The number of piperidine rings is 1. The standard InChI is InChI=1S/C13H27N3O2/c1-3-15-7-5-12(6-8-15)14-13(18)11-16(4-2)9-10-17/h12,17H,3-11H2,1-2H3,(H,14,18). The number of carbonyl (C=O) groups excluding carboxylic acids is 1. The molecular formula is C13H27N3O2. The van der Waals surface area contributed by atoms with Crippen LogP contribution in [-0.4, -0.2) is 72.7 Å². The second-order valence-electron chi connectivity index (χ2n) is 4.87. The summed E-state index contributed by atoms with van der Waals surface area (Å²) in [6, 6.07) is 0.327. The number of rotatable bonds is 7. The van der Waals surface area contributed by atoms with Crippen molar-refractivity contribution in [1.82, 2.24) is 15.1 Å². The molecule has 18 heavy (non-hydrogen) atoms. The van der Waals surface area contributed by atoms with Gasteiger partial charge in [0.2, 0.25) is 5.91 Å². The smallest absolute Gasteiger partial charge is 0.234 e. The zero-order valence-electron chi connectivity index (χ0n) is 11.7. The molecular weight excluding hydrogens is 230 g/mol. The summed E-state index contributed by atoms with van der Waals surface area (Å²) in [7, 11) is 0. The van der Waals surface area contributed by atoms with Crippen molar-refractivity contribution in [2.24, 2.45) is 0 Å². The van der Waals surface area contributed by atoms with Gasteiger partial charge in [0, 0.05) is 25.7 Å². The summed E-state index contributed by atoms with van der Waals surface area (Å²) < 4.78 is 0. The number of hydrogen-bond acceptors (Lipinski definition) is 4. The molecule has 0 unspecified atom stereocenters. The Hall–Kier alpha value is -0.650. The fraction of sp³-hybridized carbons (Fsp3) is 0.923. The van der Waals surface area contributed by atoms with E-state index >= 15 is 0 Å². The van der Waals surface area contributed by atoms with Gasteiger partial charge >= 0.3 is 0 Å². The highest BCUT2D eigenvalue weighted by atomic mass is 16.3. The van der Waals surface area contributed by atoms with Crippen LogP contribution in [0.2, 0.25) is 0 Å². The molecule has 1 amide bonds. The molecule has 2 N–H and O–H groups in total. The van der Waals surface area contributed by atoms with Crippen LogP contribution in [0.15, 0.2) is 0 Å². The maximum atomic E-state index is 11.9. The molecule has 5 nitrogen and oxygen atoms in total. The van der Waals surface area contributed by atoms with E-state index in [0.29, 0.717) is 19.1 Å². The van der Waals surface area contributed by atoms with E-state index in [4.69, 9.17) is 5.11 Å². The predicted molar refractivity (Wildman–Crippen MR) is 72.5 cm³/mol. The van der Waals surface area contributed by atoms with Gasteiger partial charge in [0.25, 0.3) is 0 Å². The second-order valence-corrected chi connectivity index (χ2v) is 4.87. The third kappa shape index (κ3) is 5.33. The van der Waals surface area contributed by atoms with Gasteiger partial charge in [-0.05, 0) is 25.9 Å². The van der Waals surface area contributed by atoms with Crippen molar-refractivity contribution < 1.29 is 9.90 Å². The highest BCUT2D eigenvalue weighted by Gasteiger charge is 2.20. The lowest BCUT2D eigenvalue weighted by molar-refractivity contribution is -0.123. The average Bonchev–Trinajstić information content (AvgIpc) is 2.39. The van der Waals surface area contributed by atoms with Crippen LogP contribution >= 0.6 is 0 Å². The molecule has 0 saturated carbocycles. The maximum Gasteiger partial charge on any atom is 0.234 e. The first-order chi connectivity index (χ1) is 8.69. The summed E-state index contributed by atoms with van der Waals surface area (Å²) >= 11 is 0. The fourth-order valence-corrected chi connectivity index (χ4v) is 2.36. The predicted octanol–water partition coefficient (Wildman–Crippen LogP) is -0.0989. The molecule has 1 fully saturated rings. The van der Waals surface area contributed by atoms with Crippen LogP contribution in [0.1, 0.15) is 26.7 Å². The van der Waals surface area contributed by atoms with Gasteiger partial charge in [-0.1, -0.05) is 13.8 Å². The van der Waals surface area contributed by atoms with Gasteiger partial charge in [0.15, 0.2) is 0 Å². The van der Waals surface area contributed by atoms with Gasteiger partial charge in [-0.2, -0.15) is 0 Å². The Morgan fingerprint density at radius 3 is 2.56 bits per heavy atom. The summed E-state index contributed by atoms with van der Waals surface area (Å²) in [5.74, 6) is 0.0836.